The first-order valence-electron chi connectivity index (χ1n) is 5.19. The molecule has 0 amide bonds. The maximum atomic E-state index is 11.2. The number of carbonyl (C=O) groups is 1. The van der Waals surface area contributed by atoms with Gasteiger partial charge in [-0.1, -0.05) is 29.8 Å². The van der Waals surface area contributed by atoms with Gasteiger partial charge in [0.1, 0.15) is 17.1 Å². The molecule has 0 radical (unpaired) electrons. The lowest BCUT2D eigenvalue weighted by Gasteiger charge is -2.15. The highest BCUT2D eigenvalue weighted by atomic mass is 35.5. The van der Waals surface area contributed by atoms with Crippen molar-refractivity contribution in [2.45, 2.75) is 6.10 Å². The average Bonchev–Trinajstić information content (AvgIpc) is 2.77. The zero-order valence-electron chi connectivity index (χ0n) is 9.55. The summed E-state index contributed by atoms with van der Waals surface area (Å²) in [6.45, 7) is 0. The number of hydrogen-bond donors (Lipinski definition) is 2. The third-order valence-electron chi connectivity index (χ3n) is 2.52. The SMILES string of the molecule is COC(c1ncc(Cl)[nH]1)c1ccccc1C(=O)O. The highest BCUT2D eigenvalue weighted by molar-refractivity contribution is 6.29. The van der Waals surface area contributed by atoms with Gasteiger partial charge in [0.2, 0.25) is 0 Å². The summed E-state index contributed by atoms with van der Waals surface area (Å²) in [4.78, 5) is 18.1. The second-order valence-corrected chi connectivity index (χ2v) is 4.03. The van der Waals surface area contributed by atoms with Crippen molar-refractivity contribution in [1.29, 1.82) is 0 Å². The van der Waals surface area contributed by atoms with Gasteiger partial charge in [-0.15, -0.1) is 0 Å². The monoisotopic (exact) mass is 266 g/mol. The Kier molecular flexibility index (Phi) is 3.64. The molecule has 0 saturated carbocycles. The first-order valence-corrected chi connectivity index (χ1v) is 5.56. The van der Waals surface area contributed by atoms with Crippen molar-refractivity contribution >= 4 is 17.6 Å². The Hall–Kier alpha value is -1.85. The van der Waals surface area contributed by atoms with Crippen LogP contribution in [0.5, 0.6) is 0 Å². The molecule has 0 aliphatic heterocycles. The van der Waals surface area contributed by atoms with Gasteiger partial charge in [-0.3, -0.25) is 0 Å². The van der Waals surface area contributed by atoms with Crippen LogP contribution >= 0.6 is 11.6 Å². The smallest absolute Gasteiger partial charge is 0.336 e. The van der Waals surface area contributed by atoms with Crippen LogP contribution in [0.3, 0.4) is 0 Å². The molecule has 94 valence electrons. The van der Waals surface area contributed by atoms with Crippen molar-refractivity contribution in [3.63, 3.8) is 0 Å². The van der Waals surface area contributed by atoms with Crippen LogP contribution in [0.1, 0.15) is 27.8 Å². The fourth-order valence-corrected chi connectivity index (χ4v) is 1.90. The van der Waals surface area contributed by atoms with Gasteiger partial charge in [0.15, 0.2) is 0 Å². The summed E-state index contributed by atoms with van der Waals surface area (Å²) < 4.78 is 5.31. The topological polar surface area (TPSA) is 75.2 Å². The van der Waals surface area contributed by atoms with Crippen LogP contribution in [-0.2, 0) is 4.74 Å². The number of halogens is 1. The molecule has 2 rings (SSSR count). The lowest BCUT2D eigenvalue weighted by Crippen LogP contribution is -2.11. The molecule has 18 heavy (non-hydrogen) atoms. The van der Waals surface area contributed by atoms with Gasteiger partial charge in [-0.25, -0.2) is 9.78 Å². The first kappa shape index (κ1) is 12.6. The van der Waals surface area contributed by atoms with Gasteiger partial charge < -0.3 is 14.8 Å². The van der Waals surface area contributed by atoms with Gasteiger partial charge in [-0.05, 0) is 6.07 Å². The maximum absolute atomic E-state index is 11.2. The van der Waals surface area contributed by atoms with E-state index in [9.17, 15) is 4.79 Å². The molecule has 1 unspecified atom stereocenters. The molecule has 1 aromatic heterocycles. The normalized spacial score (nSPS) is 12.3. The van der Waals surface area contributed by atoms with E-state index in [0.717, 1.165) is 0 Å². The lowest BCUT2D eigenvalue weighted by molar-refractivity contribution is 0.0686. The van der Waals surface area contributed by atoms with Crippen LogP contribution in [0, 0.1) is 0 Å². The number of nitrogens with one attached hydrogen (secondary N) is 1. The predicted molar refractivity (Wildman–Crippen MR) is 65.9 cm³/mol. The second-order valence-electron chi connectivity index (χ2n) is 3.62. The number of imidazole rings is 1. The van der Waals surface area contributed by atoms with Crippen molar-refractivity contribution in [1.82, 2.24) is 9.97 Å². The standard InChI is InChI=1S/C12H11ClN2O3/c1-18-10(11-14-6-9(13)15-11)7-4-2-3-5-8(7)12(16)17/h2-6,10H,1H3,(H,14,15)(H,16,17). The number of ether oxygens (including phenoxy) is 1. The number of aromatic nitrogens is 2. The Balaban J connectivity index is 2.48. The van der Waals surface area contributed by atoms with Crippen LogP contribution < -0.4 is 0 Å². The first-order chi connectivity index (χ1) is 8.63. The maximum Gasteiger partial charge on any atom is 0.336 e. The molecule has 1 atom stereocenters. The molecule has 6 heteroatoms. The summed E-state index contributed by atoms with van der Waals surface area (Å²) in [6.07, 6.45) is 0.858. The molecule has 0 aliphatic rings. The molecule has 0 spiro atoms. The van der Waals surface area contributed by atoms with E-state index >= 15 is 0 Å². The Labute approximate surface area is 108 Å². The highest BCUT2D eigenvalue weighted by Crippen LogP contribution is 2.26. The fraction of sp³-hybridized carbons (Fsp3) is 0.167. The van der Waals surface area contributed by atoms with E-state index in [4.69, 9.17) is 21.4 Å². The number of benzene rings is 1. The van der Waals surface area contributed by atoms with E-state index in [2.05, 4.69) is 9.97 Å². The second kappa shape index (κ2) is 5.20. The van der Waals surface area contributed by atoms with E-state index in [1.54, 1.807) is 18.2 Å². The van der Waals surface area contributed by atoms with E-state index in [0.29, 0.717) is 16.5 Å². The minimum absolute atomic E-state index is 0.178. The summed E-state index contributed by atoms with van der Waals surface area (Å²) in [5.41, 5.74) is 0.704. The molecule has 2 N–H and O–H groups in total. The van der Waals surface area contributed by atoms with Crippen molar-refractivity contribution in [2.24, 2.45) is 0 Å². The van der Waals surface area contributed by atoms with Gasteiger partial charge in [0.05, 0.1) is 11.8 Å². The number of aromatic carboxylic acids is 1. The van der Waals surface area contributed by atoms with Gasteiger partial charge in [0.25, 0.3) is 0 Å². The molecular formula is C12H11ClN2O3. The number of hydrogen-bond acceptors (Lipinski definition) is 3. The fourth-order valence-electron chi connectivity index (χ4n) is 1.75. The molecular weight excluding hydrogens is 256 g/mol. The molecule has 0 aliphatic carbocycles. The van der Waals surface area contributed by atoms with Crippen molar-refractivity contribution in [3.8, 4) is 0 Å². The Bertz CT molecular complexity index is 568. The Morgan fingerprint density at radius 1 is 1.50 bits per heavy atom. The molecule has 2 aromatic rings. The third kappa shape index (κ3) is 2.37. The minimum atomic E-state index is -1.01. The van der Waals surface area contributed by atoms with Gasteiger partial charge in [0, 0.05) is 12.7 Å². The number of H-pyrrole nitrogens is 1. The summed E-state index contributed by atoms with van der Waals surface area (Å²) in [6, 6.07) is 6.62. The number of aromatic amines is 1. The molecule has 1 aromatic carbocycles. The quantitative estimate of drug-likeness (QED) is 0.891. The minimum Gasteiger partial charge on any atom is -0.478 e. The summed E-state index contributed by atoms with van der Waals surface area (Å²) in [5.74, 6) is -0.540. The van der Waals surface area contributed by atoms with Crippen LogP contribution in [-0.4, -0.2) is 28.2 Å². The van der Waals surface area contributed by atoms with E-state index in [1.165, 1.54) is 19.4 Å². The number of nitrogens with zero attached hydrogens (tertiary/aromatic N) is 1. The predicted octanol–water partition coefficient (Wildman–Crippen LogP) is 2.50. The number of carboxylic acid groups (broad SMARTS) is 1. The van der Waals surface area contributed by atoms with Gasteiger partial charge >= 0.3 is 5.97 Å². The van der Waals surface area contributed by atoms with E-state index in [1.807, 2.05) is 0 Å². The summed E-state index contributed by atoms with van der Waals surface area (Å²) in [5, 5.41) is 9.52. The van der Waals surface area contributed by atoms with E-state index < -0.39 is 12.1 Å². The lowest BCUT2D eigenvalue weighted by atomic mass is 10.0. The van der Waals surface area contributed by atoms with Crippen LogP contribution in [0.2, 0.25) is 5.15 Å². The number of methoxy groups -OCH3 is 1. The highest BCUT2D eigenvalue weighted by Gasteiger charge is 2.22. The van der Waals surface area contributed by atoms with Crippen molar-refractivity contribution in [2.75, 3.05) is 7.11 Å². The zero-order valence-corrected chi connectivity index (χ0v) is 10.3. The molecule has 0 saturated heterocycles. The Morgan fingerprint density at radius 2 is 2.22 bits per heavy atom. The van der Waals surface area contributed by atoms with Gasteiger partial charge in [-0.2, -0.15) is 0 Å². The third-order valence-corrected chi connectivity index (χ3v) is 2.71. The van der Waals surface area contributed by atoms with Crippen molar-refractivity contribution in [3.05, 3.63) is 52.6 Å². The molecule has 1 heterocycles. The van der Waals surface area contributed by atoms with Crippen LogP contribution in [0.4, 0.5) is 0 Å². The Morgan fingerprint density at radius 3 is 2.78 bits per heavy atom. The largest absolute Gasteiger partial charge is 0.478 e. The number of rotatable bonds is 4. The van der Waals surface area contributed by atoms with E-state index in [-0.39, 0.29) is 5.56 Å². The average molecular weight is 267 g/mol. The van der Waals surface area contributed by atoms with Crippen molar-refractivity contribution < 1.29 is 14.6 Å². The zero-order chi connectivity index (χ0) is 13.1. The summed E-state index contributed by atoms with van der Waals surface area (Å²) >= 11 is 5.76. The molecule has 0 bridgehead atoms. The number of carboxylic acids is 1. The van der Waals surface area contributed by atoms with Crippen LogP contribution in [0.25, 0.3) is 0 Å². The molecule has 0 fully saturated rings. The van der Waals surface area contributed by atoms with Crippen LogP contribution in [0.15, 0.2) is 30.5 Å². The molecule has 5 nitrogen and oxygen atoms in total. The summed E-state index contributed by atoms with van der Waals surface area (Å²) in [7, 11) is 1.49.